The van der Waals surface area contributed by atoms with E-state index in [4.69, 9.17) is 0 Å². The Morgan fingerprint density at radius 3 is 1.53 bits per heavy atom. The van der Waals surface area contributed by atoms with Gasteiger partial charge in [-0.1, -0.05) is 140 Å². The van der Waals surface area contributed by atoms with Crippen molar-refractivity contribution in [3.05, 3.63) is 250 Å². The van der Waals surface area contributed by atoms with E-state index in [9.17, 15) is 23.7 Å². The van der Waals surface area contributed by atoms with Crippen LogP contribution in [0.4, 0.5) is 24.5 Å². The molecule has 362 valence electrons. The second-order valence-electron chi connectivity index (χ2n) is 20.2. The molecular formula is C68H49F3N4. The van der Waals surface area contributed by atoms with E-state index < -0.39 is 17.2 Å². The van der Waals surface area contributed by atoms with Gasteiger partial charge in [-0.3, -0.25) is 0 Å². The molecule has 0 saturated carbocycles. The van der Waals surface area contributed by atoms with Crippen LogP contribution in [0.5, 0.6) is 0 Å². The molecule has 0 amide bonds. The van der Waals surface area contributed by atoms with Crippen molar-refractivity contribution in [1.29, 1.82) is 10.5 Å². The van der Waals surface area contributed by atoms with Crippen LogP contribution in [0, 0.1) is 50.4 Å². The highest BCUT2D eigenvalue weighted by Crippen LogP contribution is 2.57. The third-order valence-electron chi connectivity index (χ3n) is 15.7. The van der Waals surface area contributed by atoms with Gasteiger partial charge < -0.3 is 9.47 Å². The molecule has 75 heavy (non-hydrogen) atoms. The standard InChI is InChI=1S/C68H49F3N4/c1-41-14-6-10-18-52(41)46-22-28-60-57(35-46)58-36-47(53-19-11-7-15-42(53)2)23-29-61(58)74(60)63-32-45(39-72)33-64(66(63)56-27-26-51(68(69,70)71)34-50(56)40-73)75-62-30-24-48(54-20-12-8-16-43(54)3)37-59(62)67(5)38-49(25-31-65(67)75)55-21-13-9-17-44(55)4/h6-38,65H,1-5H3. The van der Waals surface area contributed by atoms with Crippen LogP contribution < -0.4 is 4.90 Å². The van der Waals surface area contributed by atoms with Gasteiger partial charge in [-0.05, 0) is 168 Å². The lowest BCUT2D eigenvalue weighted by Crippen LogP contribution is -2.40. The fourth-order valence-corrected chi connectivity index (χ4v) is 11.9. The number of benzene rings is 9. The maximum Gasteiger partial charge on any atom is 0.416 e. The van der Waals surface area contributed by atoms with Gasteiger partial charge in [0.05, 0.1) is 57.3 Å². The number of anilines is 2. The van der Waals surface area contributed by atoms with Crippen LogP contribution in [-0.2, 0) is 11.6 Å². The van der Waals surface area contributed by atoms with Gasteiger partial charge >= 0.3 is 6.18 Å². The van der Waals surface area contributed by atoms with Crippen LogP contribution >= 0.6 is 0 Å². The molecule has 7 heteroatoms. The summed E-state index contributed by atoms with van der Waals surface area (Å²) in [6.45, 7) is 10.7. The largest absolute Gasteiger partial charge is 0.416 e. The fraction of sp³-hybridized carbons (Fsp3) is 0.118. The van der Waals surface area contributed by atoms with Crippen molar-refractivity contribution < 1.29 is 13.2 Å². The van der Waals surface area contributed by atoms with Gasteiger partial charge in [0.25, 0.3) is 0 Å². The van der Waals surface area contributed by atoms with Crippen molar-refractivity contribution in [2.75, 3.05) is 4.90 Å². The number of alkyl halides is 3. The monoisotopic (exact) mass is 978 g/mol. The topological polar surface area (TPSA) is 55.8 Å². The van der Waals surface area contributed by atoms with E-state index >= 15 is 0 Å². The number of hydrogen-bond donors (Lipinski definition) is 0. The maximum absolute atomic E-state index is 14.7. The molecular weight excluding hydrogens is 930 g/mol. The molecule has 9 aromatic carbocycles. The average molecular weight is 979 g/mol. The molecule has 0 saturated heterocycles. The molecule has 1 aliphatic carbocycles. The second-order valence-corrected chi connectivity index (χ2v) is 20.2. The summed E-state index contributed by atoms with van der Waals surface area (Å²) in [5.41, 5.74) is 17.3. The zero-order valence-electron chi connectivity index (χ0n) is 42.1. The van der Waals surface area contributed by atoms with Crippen molar-refractivity contribution in [1.82, 2.24) is 4.57 Å². The molecule has 1 aromatic heterocycles. The number of allylic oxidation sites excluding steroid dienone is 2. The molecule has 0 bridgehead atoms. The predicted octanol–water partition coefficient (Wildman–Crippen LogP) is 17.9. The number of hydrogen-bond acceptors (Lipinski definition) is 3. The van der Waals surface area contributed by atoms with E-state index in [2.05, 4.69) is 184 Å². The minimum atomic E-state index is -4.70. The zero-order valence-corrected chi connectivity index (χ0v) is 42.1. The highest BCUT2D eigenvalue weighted by atomic mass is 19.4. The lowest BCUT2D eigenvalue weighted by molar-refractivity contribution is -0.137. The highest BCUT2D eigenvalue weighted by Gasteiger charge is 2.49. The minimum absolute atomic E-state index is 0.139. The molecule has 2 heterocycles. The summed E-state index contributed by atoms with van der Waals surface area (Å²) in [6.07, 6.45) is 2.03. The lowest BCUT2D eigenvalue weighted by Gasteiger charge is -2.37. The number of aromatic nitrogens is 1. The summed E-state index contributed by atoms with van der Waals surface area (Å²) in [5, 5.41) is 24.1. The summed E-state index contributed by atoms with van der Waals surface area (Å²) in [4.78, 5) is 2.25. The Hall–Kier alpha value is -9.17. The minimum Gasteiger partial charge on any atom is -0.332 e. The van der Waals surface area contributed by atoms with Gasteiger partial charge in [0, 0.05) is 33.0 Å². The van der Waals surface area contributed by atoms with E-state index in [-0.39, 0.29) is 11.6 Å². The summed E-state index contributed by atoms with van der Waals surface area (Å²) in [7, 11) is 0. The van der Waals surface area contributed by atoms with Crippen molar-refractivity contribution in [3.8, 4) is 62.3 Å². The van der Waals surface area contributed by atoms with Gasteiger partial charge in [-0.2, -0.15) is 23.7 Å². The molecule has 2 atom stereocenters. The second kappa shape index (κ2) is 17.8. The molecule has 10 aromatic rings. The number of rotatable bonds is 7. The molecule has 1 aliphatic heterocycles. The van der Waals surface area contributed by atoms with Gasteiger partial charge in [0.2, 0.25) is 0 Å². The first-order valence-electron chi connectivity index (χ1n) is 25.1. The average Bonchev–Trinajstić information content (AvgIpc) is 3.91. The van der Waals surface area contributed by atoms with Gasteiger partial charge in [0.1, 0.15) is 0 Å². The summed E-state index contributed by atoms with van der Waals surface area (Å²) >= 11 is 0. The van der Waals surface area contributed by atoms with Crippen LogP contribution in [-0.4, -0.2) is 10.6 Å². The summed E-state index contributed by atoms with van der Waals surface area (Å²) < 4.78 is 46.1. The van der Waals surface area contributed by atoms with Crippen LogP contribution in [0.15, 0.2) is 200 Å². The Morgan fingerprint density at radius 2 is 1.01 bits per heavy atom. The summed E-state index contributed by atoms with van der Waals surface area (Å²) in [6, 6.07) is 64.0. The number of fused-ring (bicyclic) bond motifs is 6. The highest BCUT2D eigenvalue weighted by molar-refractivity contribution is 6.13. The van der Waals surface area contributed by atoms with E-state index in [0.717, 1.165) is 112 Å². The van der Waals surface area contributed by atoms with Crippen molar-refractivity contribution >= 4 is 38.8 Å². The molecule has 2 unspecified atom stereocenters. The Balaban J connectivity index is 1.19. The van der Waals surface area contributed by atoms with Crippen LogP contribution in [0.25, 0.3) is 77.6 Å². The van der Waals surface area contributed by atoms with E-state index in [0.29, 0.717) is 28.1 Å². The number of nitriles is 2. The van der Waals surface area contributed by atoms with E-state index in [1.165, 1.54) is 6.07 Å². The SMILES string of the molecule is Cc1ccccc1C1=CC2(C)c3cc(-c4ccccc4C)ccc3N(c3cc(C#N)cc(-n4c5ccc(-c6ccccc6C)cc5c5cc(-c6ccccc6C)ccc54)c3-c3ccc(C(F)(F)F)cc3C#N)C2C=C1. The lowest BCUT2D eigenvalue weighted by atomic mass is 9.72. The Kier molecular flexibility index (Phi) is 11.1. The third kappa shape index (κ3) is 7.66. The van der Waals surface area contributed by atoms with Gasteiger partial charge in [-0.25, -0.2) is 0 Å². The van der Waals surface area contributed by atoms with Crippen molar-refractivity contribution in [3.63, 3.8) is 0 Å². The maximum atomic E-state index is 14.7. The molecule has 4 nitrogen and oxygen atoms in total. The predicted molar refractivity (Wildman–Crippen MR) is 299 cm³/mol. The van der Waals surface area contributed by atoms with Crippen molar-refractivity contribution in [2.24, 2.45) is 0 Å². The third-order valence-corrected chi connectivity index (χ3v) is 15.7. The van der Waals surface area contributed by atoms with Crippen LogP contribution in [0.3, 0.4) is 0 Å². The fourth-order valence-electron chi connectivity index (χ4n) is 11.9. The number of aryl methyl sites for hydroxylation is 4. The zero-order chi connectivity index (χ0) is 51.9. The first-order valence-corrected chi connectivity index (χ1v) is 25.1. The molecule has 2 aliphatic rings. The Morgan fingerprint density at radius 1 is 0.507 bits per heavy atom. The van der Waals surface area contributed by atoms with E-state index in [1.807, 2.05) is 54.6 Å². The first kappa shape index (κ1) is 46.9. The normalized spacial score (nSPS) is 15.9. The molecule has 0 spiro atoms. The molecule has 0 fully saturated rings. The molecule has 0 radical (unpaired) electrons. The quantitative estimate of drug-likeness (QED) is 0.160. The Bertz CT molecular complexity index is 4070. The number of nitrogens with zero attached hydrogens (tertiary/aromatic N) is 4. The van der Waals surface area contributed by atoms with Gasteiger partial charge in [0.15, 0.2) is 0 Å². The van der Waals surface area contributed by atoms with Crippen molar-refractivity contribution in [2.45, 2.75) is 52.3 Å². The van der Waals surface area contributed by atoms with Crippen LogP contribution in [0.2, 0.25) is 0 Å². The smallest absolute Gasteiger partial charge is 0.332 e. The molecule has 0 N–H and O–H groups in total. The van der Waals surface area contributed by atoms with E-state index in [1.54, 1.807) is 0 Å². The Labute approximate surface area is 434 Å². The van der Waals surface area contributed by atoms with Crippen LogP contribution in [0.1, 0.15) is 57.0 Å². The first-order chi connectivity index (χ1) is 36.2. The molecule has 12 rings (SSSR count). The number of halogens is 3. The summed E-state index contributed by atoms with van der Waals surface area (Å²) in [5.74, 6) is 0. The van der Waals surface area contributed by atoms with Gasteiger partial charge in [-0.15, -0.1) is 0 Å².